The van der Waals surface area contributed by atoms with E-state index in [2.05, 4.69) is 0 Å². The molecule has 0 aliphatic rings. The molecular formula is H6Mn3O4-2. The summed E-state index contributed by atoms with van der Waals surface area (Å²) in [5.74, 6) is 0. The van der Waals surface area contributed by atoms with Gasteiger partial charge in [-0.25, -0.2) is 0 Å². The third-order valence-corrected chi connectivity index (χ3v) is 0. The molecule has 0 aromatic rings. The fourth-order valence-electron chi connectivity index (χ4n) is 0. The first-order valence-corrected chi connectivity index (χ1v) is 0. The summed E-state index contributed by atoms with van der Waals surface area (Å²) in [7, 11) is 0. The first kappa shape index (κ1) is 235. The van der Waals surface area contributed by atoms with E-state index in [0.29, 0.717) is 0 Å². The fourth-order valence-corrected chi connectivity index (χ4v) is 0. The smallest absolute Gasteiger partial charge is 0 e. The summed E-state index contributed by atoms with van der Waals surface area (Å²) >= 11 is 0. The van der Waals surface area contributed by atoms with Crippen molar-refractivity contribution in [2.75, 3.05) is 0 Å². The molecule has 0 spiro atoms. The number of rotatable bonds is 0. The molecular weight excluding hydrogens is 229 g/mol. The fraction of sp³-hybridized carbons (Fsp3) is 0. The average molecular weight is 235 g/mol. The van der Waals surface area contributed by atoms with E-state index in [4.69, 9.17) is 0 Å². The predicted molar refractivity (Wildman–Crippen MR) is 11.1 cm³/mol. The first-order valence-electron chi connectivity index (χ1n) is 0. The van der Waals surface area contributed by atoms with Crippen molar-refractivity contribution in [3.8, 4) is 0 Å². The van der Waals surface area contributed by atoms with Gasteiger partial charge in [0.05, 0.1) is 0 Å². The maximum atomic E-state index is 0. The third kappa shape index (κ3) is 110. The van der Waals surface area contributed by atoms with Crippen molar-refractivity contribution in [2.24, 2.45) is 0 Å². The topological polar surface area (TPSA) is 123 Å². The van der Waals surface area contributed by atoms with Gasteiger partial charge < -0.3 is 21.9 Å². The summed E-state index contributed by atoms with van der Waals surface area (Å²) < 4.78 is 0. The van der Waals surface area contributed by atoms with Gasteiger partial charge in [-0.05, 0) is 0 Å². The van der Waals surface area contributed by atoms with Crippen LogP contribution in [0.1, 0.15) is 0 Å². The van der Waals surface area contributed by atoms with Crippen LogP contribution >= 0.6 is 0 Å². The van der Waals surface area contributed by atoms with E-state index in [0.717, 1.165) is 0 Å². The van der Waals surface area contributed by atoms with Crippen molar-refractivity contribution < 1.29 is 73.1 Å². The molecule has 0 fully saturated rings. The van der Waals surface area contributed by atoms with Crippen LogP contribution < -0.4 is 0 Å². The zero-order chi connectivity index (χ0) is 0. The van der Waals surface area contributed by atoms with E-state index in [1.54, 1.807) is 0 Å². The molecule has 6 N–H and O–H groups in total. The van der Waals surface area contributed by atoms with Gasteiger partial charge in [0.1, 0.15) is 0 Å². The van der Waals surface area contributed by atoms with Crippen LogP contribution in [0.15, 0.2) is 0 Å². The molecule has 7 heavy (non-hydrogen) atoms. The van der Waals surface area contributed by atoms with Crippen LogP contribution in [0.2, 0.25) is 0 Å². The number of hydrogen-bond donors (Lipinski definition) is 0. The average Bonchev–Trinajstić information content (AvgIpc) is 0. The SMILES string of the molecule is O.O.[Mn].[Mn].[Mn].[OH-].[OH-]. The van der Waals surface area contributed by atoms with Gasteiger partial charge in [-0.1, -0.05) is 0 Å². The minimum Gasteiger partial charge on any atom is -0.870 e. The Morgan fingerprint density at radius 2 is 0.429 bits per heavy atom. The summed E-state index contributed by atoms with van der Waals surface area (Å²) in [6.07, 6.45) is 0. The van der Waals surface area contributed by atoms with Gasteiger partial charge in [0.25, 0.3) is 0 Å². The monoisotopic (exact) mass is 235 g/mol. The molecule has 0 heterocycles. The molecule has 7 heteroatoms. The zero-order valence-corrected chi connectivity index (χ0v) is 6.57. The summed E-state index contributed by atoms with van der Waals surface area (Å²) in [6, 6.07) is 0. The Balaban J connectivity index is 0. The van der Waals surface area contributed by atoms with Crippen molar-refractivity contribution in [3.63, 3.8) is 0 Å². The summed E-state index contributed by atoms with van der Waals surface area (Å²) in [5.41, 5.74) is 0. The van der Waals surface area contributed by atoms with Gasteiger partial charge in [0.15, 0.2) is 0 Å². The molecule has 0 saturated heterocycles. The van der Waals surface area contributed by atoms with Gasteiger partial charge in [-0.3, -0.25) is 0 Å². The van der Waals surface area contributed by atoms with Crippen LogP contribution in [0.25, 0.3) is 0 Å². The molecule has 0 aromatic heterocycles. The van der Waals surface area contributed by atoms with Gasteiger partial charge in [0.2, 0.25) is 0 Å². The van der Waals surface area contributed by atoms with Crippen molar-refractivity contribution in [1.29, 1.82) is 0 Å². The second kappa shape index (κ2) is 155. The van der Waals surface area contributed by atoms with Crippen molar-refractivity contribution in [2.45, 2.75) is 0 Å². The Kier molecular flexibility index (Phi) is 5200. The minimum atomic E-state index is 0. The van der Waals surface area contributed by atoms with Gasteiger partial charge in [-0.2, -0.15) is 0 Å². The van der Waals surface area contributed by atoms with Gasteiger partial charge >= 0.3 is 0 Å². The zero-order valence-electron chi connectivity index (χ0n) is 3.03. The van der Waals surface area contributed by atoms with Crippen LogP contribution in [0.4, 0.5) is 0 Å². The normalized spacial score (nSPS) is 0. The van der Waals surface area contributed by atoms with Crippen LogP contribution in [0.5, 0.6) is 0 Å². The van der Waals surface area contributed by atoms with Gasteiger partial charge in [-0.15, -0.1) is 0 Å². The molecule has 0 saturated carbocycles. The molecule has 0 aliphatic heterocycles. The molecule has 53 valence electrons. The molecule has 0 unspecified atom stereocenters. The van der Waals surface area contributed by atoms with E-state index in [9.17, 15) is 0 Å². The molecule has 3 radical (unpaired) electrons. The Morgan fingerprint density at radius 3 is 0.429 bits per heavy atom. The van der Waals surface area contributed by atoms with Crippen LogP contribution in [-0.4, -0.2) is 21.9 Å². The Labute approximate surface area is 73.1 Å². The molecule has 0 rings (SSSR count). The third-order valence-electron chi connectivity index (χ3n) is 0. The molecule has 0 atom stereocenters. The van der Waals surface area contributed by atoms with Crippen molar-refractivity contribution in [3.05, 3.63) is 0 Å². The largest absolute Gasteiger partial charge is 0.870 e. The Hall–Kier alpha value is 1.40. The summed E-state index contributed by atoms with van der Waals surface area (Å²) in [5, 5.41) is 0. The van der Waals surface area contributed by atoms with Crippen LogP contribution in [0, 0.1) is 0 Å². The van der Waals surface area contributed by atoms with E-state index in [1.807, 2.05) is 0 Å². The predicted octanol–water partition coefficient (Wildman–Crippen LogP) is -2.01. The summed E-state index contributed by atoms with van der Waals surface area (Å²) in [4.78, 5) is 0. The molecule has 0 amide bonds. The van der Waals surface area contributed by atoms with E-state index in [1.165, 1.54) is 0 Å². The minimum absolute atomic E-state index is 0. The Bertz CT molecular complexity index is 6.90. The van der Waals surface area contributed by atoms with E-state index < -0.39 is 0 Å². The molecule has 0 aromatic carbocycles. The quantitative estimate of drug-likeness (QED) is 0.450. The van der Waals surface area contributed by atoms with E-state index in [-0.39, 0.29) is 73.1 Å². The van der Waals surface area contributed by atoms with Gasteiger partial charge in [0, 0.05) is 51.2 Å². The standard InChI is InChI=1S/3Mn.4H2O/h;;;4*1H2/p-2. The van der Waals surface area contributed by atoms with Crippen molar-refractivity contribution in [1.82, 2.24) is 0 Å². The molecule has 0 bridgehead atoms. The molecule has 4 nitrogen and oxygen atoms in total. The molecule has 0 aliphatic carbocycles. The summed E-state index contributed by atoms with van der Waals surface area (Å²) in [6.45, 7) is 0. The van der Waals surface area contributed by atoms with Crippen molar-refractivity contribution >= 4 is 0 Å². The van der Waals surface area contributed by atoms with E-state index >= 15 is 0 Å². The first-order chi connectivity index (χ1) is 0. The maximum Gasteiger partial charge on any atom is 0 e. The second-order valence-corrected chi connectivity index (χ2v) is 0. The Morgan fingerprint density at radius 1 is 0.429 bits per heavy atom. The number of hydrogen-bond acceptors (Lipinski definition) is 2. The maximum absolute atomic E-state index is 0. The van der Waals surface area contributed by atoms with Crippen LogP contribution in [0.3, 0.4) is 0 Å². The second-order valence-electron chi connectivity index (χ2n) is 0. The van der Waals surface area contributed by atoms with Crippen LogP contribution in [-0.2, 0) is 51.2 Å².